The first kappa shape index (κ1) is 23.4. The van der Waals surface area contributed by atoms with Gasteiger partial charge in [-0.3, -0.25) is 0 Å². The van der Waals surface area contributed by atoms with Crippen LogP contribution in [0.4, 0.5) is 0 Å². The largest absolute Gasteiger partial charge is 1.00 e. The van der Waals surface area contributed by atoms with E-state index in [4.69, 9.17) is 9.16 Å². The molecule has 0 spiro atoms. The van der Waals surface area contributed by atoms with Crippen LogP contribution in [0.15, 0.2) is 9.59 Å². The molecule has 0 aliphatic carbocycles. The molecule has 1 N–H and O–H groups in total. The van der Waals surface area contributed by atoms with E-state index in [1.807, 2.05) is 13.8 Å². The van der Waals surface area contributed by atoms with Crippen molar-refractivity contribution in [3.05, 3.63) is 32.6 Å². The van der Waals surface area contributed by atoms with Crippen LogP contribution in [0.2, 0.25) is 18.1 Å². The minimum atomic E-state index is -1.78. The van der Waals surface area contributed by atoms with Crippen LogP contribution in [0.5, 0.6) is 0 Å². The van der Waals surface area contributed by atoms with Gasteiger partial charge in [0.2, 0.25) is 5.69 Å². The second-order valence-corrected chi connectivity index (χ2v) is 12.3. The van der Waals surface area contributed by atoms with Crippen LogP contribution in [0.3, 0.4) is 0 Å². The molecule has 1 aromatic rings. The molecule has 0 atom stereocenters. The number of hydrogen-bond acceptors (Lipinski definition) is 4. The first-order valence-electron chi connectivity index (χ1n) is 7.94. The normalized spacial score (nSPS) is 12.3. The predicted molar refractivity (Wildman–Crippen MR) is 93.3 cm³/mol. The molecular formula is C16H29LiN2O4Si. The molecule has 24 heavy (non-hydrogen) atoms. The molecule has 0 amide bonds. The summed E-state index contributed by atoms with van der Waals surface area (Å²) in [5.41, 5.74) is -0.446. The Morgan fingerprint density at radius 2 is 1.79 bits per heavy atom. The maximum atomic E-state index is 11.7. The zero-order chi connectivity index (χ0) is 17.8. The number of aromatic nitrogens is 2. The van der Waals surface area contributed by atoms with E-state index >= 15 is 0 Å². The Morgan fingerprint density at radius 3 is 2.29 bits per heavy atom. The van der Waals surface area contributed by atoms with Gasteiger partial charge in [0, 0.05) is 0 Å². The molecule has 0 radical (unpaired) electrons. The summed E-state index contributed by atoms with van der Waals surface area (Å²) >= 11 is 0. The Balaban J connectivity index is 0.00000529. The Morgan fingerprint density at radius 1 is 1.21 bits per heavy atom. The number of rotatable bonds is 7. The summed E-state index contributed by atoms with van der Waals surface area (Å²) in [6.07, 6.45) is 2.82. The third-order valence-corrected chi connectivity index (χ3v) is 8.80. The summed E-state index contributed by atoms with van der Waals surface area (Å²) in [7, 11) is -1.78. The average Bonchev–Trinajstić information content (AvgIpc) is 2.38. The van der Waals surface area contributed by atoms with Gasteiger partial charge in [0.05, 0.1) is 13.2 Å². The molecule has 1 aromatic heterocycles. The maximum Gasteiger partial charge on any atom is 1.00 e. The van der Waals surface area contributed by atoms with Crippen LogP contribution >= 0.6 is 0 Å². The first-order chi connectivity index (χ1) is 10.5. The van der Waals surface area contributed by atoms with Gasteiger partial charge < -0.3 is 28.3 Å². The molecule has 0 aliphatic rings. The summed E-state index contributed by atoms with van der Waals surface area (Å²) in [6, 6.07) is 0. The van der Waals surface area contributed by atoms with E-state index in [0.29, 0.717) is 18.8 Å². The number of aromatic amines is 1. The van der Waals surface area contributed by atoms with E-state index in [0.717, 1.165) is 0 Å². The van der Waals surface area contributed by atoms with Crippen molar-refractivity contribution in [2.75, 3.05) is 13.2 Å². The fourth-order valence-corrected chi connectivity index (χ4v) is 2.72. The van der Waals surface area contributed by atoms with Gasteiger partial charge in [0.15, 0.2) is 8.32 Å². The number of H-pyrrole nitrogens is 1. The molecule has 132 valence electrons. The van der Waals surface area contributed by atoms with Crippen LogP contribution in [0, 0.1) is 6.20 Å². The van der Waals surface area contributed by atoms with Crippen LogP contribution < -0.4 is 30.1 Å². The van der Waals surface area contributed by atoms with Gasteiger partial charge in [-0.15, -0.1) is 0 Å². The maximum absolute atomic E-state index is 11.7. The minimum Gasteiger partial charge on any atom is -0.414 e. The molecule has 0 aromatic carbocycles. The molecular weight excluding hydrogens is 319 g/mol. The standard InChI is InChI=1S/C16H29N2O4Si.Li/c1-12(2)13-10-18(15(20)17-14(13)19)11-21-8-9-22-23(6,7)16(3,4)5;/h12H,8-9,11H2,1-7H3,(H,17,19,20);/q-1;+1. The van der Waals surface area contributed by atoms with Crippen LogP contribution in [-0.4, -0.2) is 31.1 Å². The molecule has 0 saturated carbocycles. The molecule has 0 bridgehead atoms. The Hall–Kier alpha value is -0.586. The van der Waals surface area contributed by atoms with Crippen LogP contribution in [0.1, 0.15) is 46.1 Å². The number of nitrogens with one attached hydrogen (secondary N) is 1. The molecule has 8 heteroatoms. The summed E-state index contributed by atoms with van der Waals surface area (Å²) in [4.78, 5) is 25.7. The van der Waals surface area contributed by atoms with Crippen LogP contribution in [-0.2, 0) is 15.9 Å². The van der Waals surface area contributed by atoms with E-state index < -0.39 is 14.0 Å². The van der Waals surface area contributed by atoms with Crippen molar-refractivity contribution in [3.8, 4) is 0 Å². The van der Waals surface area contributed by atoms with Gasteiger partial charge >= 0.3 is 18.9 Å². The molecule has 0 unspecified atom stereocenters. The fourth-order valence-electron chi connectivity index (χ4n) is 1.69. The van der Waals surface area contributed by atoms with Crippen molar-refractivity contribution in [2.45, 2.75) is 65.4 Å². The number of nitrogens with zero attached hydrogens (tertiary/aromatic N) is 1. The topological polar surface area (TPSA) is 73.3 Å². The molecule has 6 nitrogen and oxygen atoms in total. The zero-order valence-electron chi connectivity index (χ0n) is 16.3. The second-order valence-electron chi connectivity index (χ2n) is 7.51. The first-order valence-corrected chi connectivity index (χ1v) is 10.8. The van der Waals surface area contributed by atoms with Crippen molar-refractivity contribution >= 4 is 8.32 Å². The Bertz CT molecular complexity index is 632. The van der Waals surface area contributed by atoms with Gasteiger partial charge in [-0.2, -0.15) is 0 Å². The molecule has 0 fully saturated rings. The van der Waals surface area contributed by atoms with Gasteiger partial charge in [-0.1, -0.05) is 46.4 Å². The minimum absolute atomic E-state index is 0. The molecule has 1 heterocycles. The Kier molecular flexibility index (Phi) is 8.98. The van der Waals surface area contributed by atoms with E-state index in [-0.39, 0.29) is 42.1 Å². The monoisotopic (exact) mass is 348 g/mol. The van der Waals surface area contributed by atoms with E-state index in [1.165, 1.54) is 4.57 Å². The second kappa shape index (κ2) is 9.21. The Labute approximate surface area is 157 Å². The fraction of sp³-hybridized carbons (Fsp3) is 0.750. The summed E-state index contributed by atoms with van der Waals surface area (Å²) in [5, 5.41) is 0.156. The summed E-state index contributed by atoms with van der Waals surface area (Å²) in [6.45, 7) is 15.6. The molecule has 0 saturated heterocycles. The van der Waals surface area contributed by atoms with Crippen molar-refractivity contribution in [2.24, 2.45) is 0 Å². The third-order valence-electron chi connectivity index (χ3n) is 4.26. The van der Waals surface area contributed by atoms with Crippen molar-refractivity contribution in [3.63, 3.8) is 0 Å². The molecule has 0 aliphatic heterocycles. The SMILES string of the molecule is CC(C)c1[c-]n(COCCO[Si](C)(C)C(C)(C)C)c(=O)[nH]c1=O.[Li+]. The smallest absolute Gasteiger partial charge is 0.414 e. The predicted octanol–water partition coefficient (Wildman–Crippen LogP) is -0.540. The number of ether oxygens (including phenoxy) is 1. The van der Waals surface area contributed by atoms with Gasteiger partial charge in [0.1, 0.15) is 12.3 Å². The summed E-state index contributed by atoms with van der Waals surface area (Å²) in [5.74, 6) is -0.00693. The van der Waals surface area contributed by atoms with E-state index in [1.54, 1.807) is 0 Å². The summed E-state index contributed by atoms with van der Waals surface area (Å²) < 4.78 is 12.7. The van der Waals surface area contributed by atoms with Crippen molar-refractivity contribution in [1.82, 2.24) is 9.55 Å². The van der Waals surface area contributed by atoms with Crippen molar-refractivity contribution < 1.29 is 28.0 Å². The third kappa shape index (κ3) is 6.38. The van der Waals surface area contributed by atoms with E-state index in [9.17, 15) is 9.59 Å². The zero-order valence-corrected chi connectivity index (χ0v) is 17.3. The average molecular weight is 348 g/mol. The van der Waals surface area contributed by atoms with Crippen molar-refractivity contribution in [1.29, 1.82) is 0 Å². The van der Waals surface area contributed by atoms with Crippen LogP contribution in [0.25, 0.3) is 0 Å². The van der Waals surface area contributed by atoms with Gasteiger partial charge in [-0.25, -0.2) is 0 Å². The van der Waals surface area contributed by atoms with E-state index in [2.05, 4.69) is 45.0 Å². The quantitative estimate of drug-likeness (QED) is 0.408. The molecule has 1 rings (SSSR count). The van der Waals surface area contributed by atoms with Gasteiger partial charge in [0.25, 0.3) is 0 Å². The van der Waals surface area contributed by atoms with Gasteiger partial charge in [-0.05, 0) is 24.1 Å². The number of hydrogen-bond donors (Lipinski definition) is 1.